The lowest BCUT2D eigenvalue weighted by molar-refractivity contribution is -0.137. The Morgan fingerprint density at radius 1 is 0.971 bits per heavy atom. The van der Waals surface area contributed by atoms with Gasteiger partial charge >= 0.3 is 11.8 Å². The van der Waals surface area contributed by atoms with Gasteiger partial charge in [0, 0.05) is 42.0 Å². The molecule has 34 heavy (non-hydrogen) atoms. The Kier molecular flexibility index (Phi) is 6.05. The molecule has 6 nitrogen and oxygen atoms in total. The number of hydrogen-bond donors (Lipinski definition) is 0. The molecule has 0 unspecified atom stereocenters. The third kappa shape index (κ3) is 4.28. The van der Waals surface area contributed by atoms with E-state index in [2.05, 4.69) is 4.90 Å². The lowest BCUT2D eigenvalue weighted by Crippen LogP contribution is -2.37. The minimum Gasteiger partial charge on any atom is -0.486 e. The summed E-state index contributed by atoms with van der Waals surface area (Å²) in [5.74, 6) is 0.211. The van der Waals surface area contributed by atoms with Gasteiger partial charge in [-0.3, -0.25) is 4.90 Å². The fourth-order valence-electron chi connectivity index (χ4n) is 4.37. The third-order valence-electron chi connectivity index (χ3n) is 5.92. The van der Waals surface area contributed by atoms with Gasteiger partial charge in [-0.2, -0.15) is 13.2 Å². The minimum atomic E-state index is -4.57. The summed E-state index contributed by atoms with van der Waals surface area (Å²) in [5.41, 5.74) is -0.875. The van der Waals surface area contributed by atoms with E-state index in [9.17, 15) is 18.0 Å². The van der Waals surface area contributed by atoms with Crippen LogP contribution in [0.3, 0.4) is 0 Å². The largest absolute Gasteiger partial charge is 0.486 e. The van der Waals surface area contributed by atoms with E-state index in [1.165, 1.54) is 36.6 Å². The molecule has 2 aromatic carbocycles. The van der Waals surface area contributed by atoms with E-state index in [-0.39, 0.29) is 28.0 Å². The average molecular weight is 473 g/mol. The number of rotatable bonds is 6. The predicted molar refractivity (Wildman–Crippen MR) is 120 cm³/mol. The first kappa shape index (κ1) is 22.5. The predicted octanol–water partition coefficient (Wildman–Crippen LogP) is 5.33. The summed E-state index contributed by atoms with van der Waals surface area (Å²) in [6.45, 7) is 4.24. The van der Waals surface area contributed by atoms with Crippen LogP contribution in [0.15, 0.2) is 62.4 Å². The number of halogens is 3. The van der Waals surface area contributed by atoms with Crippen LogP contribution in [0.4, 0.5) is 13.2 Å². The van der Waals surface area contributed by atoms with E-state index >= 15 is 0 Å². The zero-order chi connectivity index (χ0) is 23.7. The molecule has 0 N–H and O–H groups in total. The highest BCUT2D eigenvalue weighted by molar-refractivity contribution is 6.14. The second-order valence-corrected chi connectivity index (χ2v) is 8.06. The molecule has 0 spiro atoms. The van der Waals surface area contributed by atoms with Crippen molar-refractivity contribution in [2.24, 2.45) is 0 Å². The Balaban J connectivity index is 1.59. The number of morpholine rings is 1. The van der Waals surface area contributed by atoms with Crippen LogP contribution in [0.1, 0.15) is 12.0 Å². The highest BCUT2D eigenvalue weighted by Crippen LogP contribution is 2.46. The molecular formula is C25H22F3NO5. The normalized spacial score (nSPS) is 15.3. The van der Waals surface area contributed by atoms with E-state index in [1.54, 1.807) is 6.07 Å². The fraction of sp³-hybridized carbons (Fsp3) is 0.320. The second-order valence-electron chi connectivity index (χ2n) is 8.06. The summed E-state index contributed by atoms with van der Waals surface area (Å²) < 4.78 is 64.0. The first-order valence-electron chi connectivity index (χ1n) is 11.0. The zero-order valence-corrected chi connectivity index (χ0v) is 18.2. The van der Waals surface area contributed by atoms with Gasteiger partial charge in [0.2, 0.25) is 5.75 Å². The minimum absolute atomic E-state index is 0.0286. The maximum Gasteiger partial charge on any atom is 0.417 e. The van der Waals surface area contributed by atoms with Gasteiger partial charge in [0.05, 0.1) is 31.6 Å². The van der Waals surface area contributed by atoms with Crippen molar-refractivity contribution in [1.29, 1.82) is 0 Å². The first-order chi connectivity index (χ1) is 16.4. The van der Waals surface area contributed by atoms with Crippen molar-refractivity contribution >= 4 is 21.9 Å². The van der Waals surface area contributed by atoms with Crippen LogP contribution in [0, 0.1) is 0 Å². The molecular weight excluding hydrogens is 451 g/mol. The van der Waals surface area contributed by atoms with Crippen LogP contribution in [0.2, 0.25) is 0 Å². The van der Waals surface area contributed by atoms with Crippen LogP contribution < -0.4 is 10.4 Å². The molecule has 2 aromatic heterocycles. The molecule has 0 radical (unpaired) electrons. The Labute approximate surface area is 192 Å². The van der Waals surface area contributed by atoms with E-state index < -0.39 is 17.4 Å². The molecule has 0 amide bonds. The monoisotopic (exact) mass is 473 g/mol. The van der Waals surface area contributed by atoms with Crippen LogP contribution in [-0.2, 0) is 10.9 Å². The van der Waals surface area contributed by atoms with Gasteiger partial charge in [0.15, 0.2) is 11.2 Å². The summed E-state index contributed by atoms with van der Waals surface area (Å²) in [6, 6.07) is 9.57. The summed E-state index contributed by atoms with van der Waals surface area (Å²) >= 11 is 0. The van der Waals surface area contributed by atoms with Crippen LogP contribution in [0.25, 0.3) is 33.1 Å². The van der Waals surface area contributed by atoms with Crippen molar-refractivity contribution in [3.8, 4) is 16.9 Å². The maximum absolute atomic E-state index is 13.8. The van der Waals surface area contributed by atoms with Crippen molar-refractivity contribution in [2.75, 3.05) is 39.5 Å². The van der Waals surface area contributed by atoms with Gasteiger partial charge < -0.3 is 18.3 Å². The molecule has 0 aliphatic carbocycles. The SMILES string of the molecule is O=c1ccc2c(-c3ccccc3C(F)(F)F)c3ccoc3c(OCCCN3CCOCC3)c2o1. The lowest BCUT2D eigenvalue weighted by atomic mass is 9.93. The number of hydrogen-bond acceptors (Lipinski definition) is 6. The Morgan fingerprint density at radius 2 is 1.74 bits per heavy atom. The van der Waals surface area contributed by atoms with Crippen molar-refractivity contribution in [2.45, 2.75) is 12.6 Å². The molecule has 0 saturated carbocycles. The molecule has 9 heteroatoms. The summed E-state index contributed by atoms with van der Waals surface area (Å²) in [7, 11) is 0. The number of benzene rings is 2. The number of nitrogens with zero attached hydrogens (tertiary/aromatic N) is 1. The van der Waals surface area contributed by atoms with Crippen molar-refractivity contribution in [3.63, 3.8) is 0 Å². The van der Waals surface area contributed by atoms with Gasteiger partial charge in [0.1, 0.15) is 0 Å². The number of ether oxygens (including phenoxy) is 2. The summed E-state index contributed by atoms with van der Waals surface area (Å²) in [6.07, 6.45) is -2.47. The van der Waals surface area contributed by atoms with E-state index in [0.717, 1.165) is 25.7 Å². The number of fused-ring (bicyclic) bond motifs is 2. The Morgan fingerprint density at radius 3 is 2.53 bits per heavy atom. The van der Waals surface area contributed by atoms with Gasteiger partial charge in [-0.25, -0.2) is 4.79 Å². The van der Waals surface area contributed by atoms with Gasteiger partial charge in [-0.1, -0.05) is 18.2 Å². The standard InChI is InChI=1S/C25H22F3NO5/c26-25(27,28)19-5-2-1-4-16(19)21-17-6-7-20(30)34-23(17)24(22-18(21)8-13-33-22)32-12-3-9-29-10-14-31-15-11-29/h1-2,4-8,13H,3,9-12,14-15H2. The molecule has 1 aliphatic heterocycles. The quantitative estimate of drug-likeness (QED) is 0.279. The van der Waals surface area contributed by atoms with Crippen LogP contribution >= 0.6 is 0 Å². The maximum atomic E-state index is 13.8. The first-order valence-corrected chi connectivity index (χ1v) is 11.0. The molecule has 3 heterocycles. The second kappa shape index (κ2) is 9.15. The highest BCUT2D eigenvalue weighted by Gasteiger charge is 2.35. The highest BCUT2D eigenvalue weighted by atomic mass is 19.4. The van der Waals surface area contributed by atoms with Crippen LogP contribution in [0.5, 0.6) is 5.75 Å². The number of alkyl halides is 3. The van der Waals surface area contributed by atoms with E-state index in [4.69, 9.17) is 18.3 Å². The van der Waals surface area contributed by atoms with Crippen molar-refractivity contribution in [1.82, 2.24) is 4.90 Å². The topological polar surface area (TPSA) is 65.0 Å². The number of furan rings is 1. The van der Waals surface area contributed by atoms with Crippen molar-refractivity contribution in [3.05, 3.63) is 64.7 Å². The van der Waals surface area contributed by atoms with Crippen molar-refractivity contribution < 1.29 is 31.5 Å². The summed E-state index contributed by atoms with van der Waals surface area (Å²) in [5, 5.41) is 0.787. The van der Waals surface area contributed by atoms with E-state index in [1.807, 2.05) is 0 Å². The zero-order valence-electron chi connectivity index (χ0n) is 18.2. The molecule has 5 rings (SSSR count). The summed E-state index contributed by atoms with van der Waals surface area (Å²) in [4.78, 5) is 14.3. The molecule has 178 valence electrons. The van der Waals surface area contributed by atoms with Crippen LogP contribution in [-0.4, -0.2) is 44.4 Å². The molecule has 1 aliphatic rings. The molecule has 1 fully saturated rings. The molecule has 4 aromatic rings. The molecule has 0 bridgehead atoms. The Hall–Kier alpha value is -3.30. The smallest absolute Gasteiger partial charge is 0.417 e. The van der Waals surface area contributed by atoms with Gasteiger partial charge in [-0.05, 0) is 30.2 Å². The lowest BCUT2D eigenvalue weighted by Gasteiger charge is -2.26. The Bertz CT molecular complexity index is 1370. The molecule has 0 atom stereocenters. The van der Waals surface area contributed by atoms with E-state index in [0.29, 0.717) is 37.0 Å². The van der Waals surface area contributed by atoms with Gasteiger partial charge in [0.25, 0.3) is 0 Å². The third-order valence-corrected chi connectivity index (χ3v) is 5.92. The van der Waals surface area contributed by atoms with Gasteiger partial charge in [-0.15, -0.1) is 0 Å². The molecule has 1 saturated heterocycles. The average Bonchev–Trinajstić information content (AvgIpc) is 3.31. The fourth-order valence-corrected chi connectivity index (χ4v) is 4.37.